The number of hydrogen-bond donors (Lipinski definition) is 0. The molecule has 0 N–H and O–H groups in total. The maximum Gasteiger partial charge on any atom is 0.221 e. The van der Waals surface area contributed by atoms with Gasteiger partial charge in [0, 0.05) is 36.5 Å². The highest BCUT2D eigenvalue weighted by Crippen LogP contribution is 2.35. The van der Waals surface area contributed by atoms with Crippen molar-refractivity contribution in [1.82, 2.24) is 24.7 Å². The maximum atomic E-state index is 14.8. The van der Waals surface area contributed by atoms with Crippen LogP contribution in [0.25, 0.3) is 33.4 Å². The third-order valence-corrected chi connectivity index (χ3v) is 4.72. The molecule has 4 rings (SSSR count). The first kappa shape index (κ1) is 18.9. The highest BCUT2D eigenvalue weighted by atomic mass is 19.1. The SMILES string of the molecule is CCn1cnc2c(-c3ccc(F)c(-c4cc(COC)cnc4OC)c3)cnnc21. The van der Waals surface area contributed by atoms with E-state index in [-0.39, 0.29) is 5.82 Å². The lowest BCUT2D eigenvalue weighted by Crippen LogP contribution is -1.98. The average Bonchev–Trinajstić information content (AvgIpc) is 3.18. The number of halogens is 1. The molecule has 0 fully saturated rings. The molecule has 3 aromatic heterocycles. The molecule has 8 heteroatoms. The van der Waals surface area contributed by atoms with E-state index in [2.05, 4.69) is 20.2 Å². The number of aromatic nitrogens is 5. The van der Waals surface area contributed by atoms with Gasteiger partial charge in [-0.15, -0.1) is 5.10 Å². The van der Waals surface area contributed by atoms with Gasteiger partial charge in [-0.2, -0.15) is 5.10 Å². The smallest absolute Gasteiger partial charge is 0.221 e. The molecule has 0 bridgehead atoms. The summed E-state index contributed by atoms with van der Waals surface area (Å²) in [7, 11) is 3.11. The summed E-state index contributed by atoms with van der Waals surface area (Å²) in [4.78, 5) is 8.77. The number of imidazole rings is 1. The molecular weight excluding hydrogens is 373 g/mol. The first-order chi connectivity index (χ1) is 14.2. The predicted octanol–water partition coefficient (Wildman–Crippen LogP) is 3.87. The molecule has 0 unspecified atom stereocenters. The number of methoxy groups -OCH3 is 2. The zero-order valence-electron chi connectivity index (χ0n) is 16.4. The number of pyridine rings is 1. The summed E-state index contributed by atoms with van der Waals surface area (Å²) in [6.45, 7) is 3.12. The fraction of sp³-hybridized carbons (Fsp3) is 0.238. The highest BCUT2D eigenvalue weighted by molar-refractivity contribution is 5.90. The van der Waals surface area contributed by atoms with E-state index >= 15 is 0 Å². The van der Waals surface area contributed by atoms with Crippen molar-refractivity contribution in [3.8, 4) is 28.1 Å². The Kier molecular flexibility index (Phi) is 5.18. The van der Waals surface area contributed by atoms with Crippen LogP contribution in [0.1, 0.15) is 12.5 Å². The number of fused-ring (bicyclic) bond motifs is 1. The van der Waals surface area contributed by atoms with Gasteiger partial charge in [-0.1, -0.05) is 6.07 Å². The average molecular weight is 393 g/mol. The minimum atomic E-state index is -0.374. The van der Waals surface area contributed by atoms with E-state index in [1.165, 1.54) is 13.2 Å². The molecule has 1 aromatic carbocycles. The van der Waals surface area contributed by atoms with Crippen LogP contribution >= 0.6 is 0 Å². The number of benzene rings is 1. The van der Waals surface area contributed by atoms with Gasteiger partial charge in [-0.25, -0.2) is 14.4 Å². The summed E-state index contributed by atoms with van der Waals surface area (Å²) >= 11 is 0. The van der Waals surface area contributed by atoms with E-state index in [0.29, 0.717) is 29.3 Å². The minimum absolute atomic E-state index is 0.342. The van der Waals surface area contributed by atoms with Gasteiger partial charge in [0.05, 0.1) is 26.2 Å². The molecule has 0 spiro atoms. The third-order valence-electron chi connectivity index (χ3n) is 4.72. The number of hydrogen-bond acceptors (Lipinski definition) is 6. The van der Waals surface area contributed by atoms with Gasteiger partial charge in [0.2, 0.25) is 5.88 Å². The normalized spacial score (nSPS) is 11.2. The van der Waals surface area contributed by atoms with Gasteiger partial charge in [0.25, 0.3) is 0 Å². The maximum absolute atomic E-state index is 14.8. The van der Waals surface area contributed by atoms with Crippen molar-refractivity contribution < 1.29 is 13.9 Å². The van der Waals surface area contributed by atoms with E-state index < -0.39 is 0 Å². The van der Waals surface area contributed by atoms with E-state index in [1.807, 2.05) is 17.6 Å². The first-order valence-electron chi connectivity index (χ1n) is 9.15. The molecule has 0 radical (unpaired) electrons. The lowest BCUT2D eigenvalue weighted by molar-refractivity contribution is 0.184. The second-order valence-corrected chi connectivity index (χ2v) is 6.49. The van der Waals surface area contributed by atoms with Crippen molar-refractivity contribution >= 4 is 11.2 Å². The third kappa shape index (κ3) is 3.42. The fourth-order valence-corrected chi connectivity index (χ4v) is 3.31. The van der Waals surface area contributed by atoms with Crippen molar-refractivity contribution in [1.29, 1.82) is 0 Å². The van der Waals surface area contributed by atoms with Crippen molar-refractivity contribution in [2.24, 2.45) is 0 Å². The molecule has 3 heterocycles. The molecule has 29 heavy (non-hydrogen) atoms. The molecule has 7 nitrogen and oxygen atoms in total. The van der Waals surface area contributed by atoms with Crippen LogP contribution in [0.15, 0.2) is 43.0 Å². The quantitative estimate of drug-likeness (QED) is 0.495. The monoisotopic (exact) mass is 393 g/mol. The van der Waals surface area contributed by atoms with Crippen molar-refractivity contribution in [2.75, 3.05) is 14.2 Å². The van der Waals surface area contributed by atoms with E-state index in [0.717, 1.165) is 28.8 Å². The van der Waals surface area contributed by atoms with Gasteiger partial charge < -0.3 is 14.0 Å². The van der Waals surface area contributed by atoms with Gasteiger partial charge >= 0.3 is 0 Å². The standard InChI is InChI=1S/C21H20FN5O2/c1-4-27-12-24-19-17(10-25-26-20(19)27)14-5-6-18(22)15(8-14)16-7-13(11-28-2)9-23-21(16)29-3/h5-10,12H,4,11H2,1-3H3. The van der Waals surface area contributed by atoms with Crippen LogP contribution in [0.4, 0.5) is 4.39 Å². The second kappa shape index (κ2) is 7.92. The van der Waals surface area contributed by atoms with Crippen LogP contribution in [0, 0.1) is 5.82 Å². The molecule has 0 atom stereocenters. The van der Waals surface area contributed by atoms with Crippen LogP contribution in [0.3, 0.4) is 0 Å². The second-order valence-electron chi connectivity index (χ2n) is 6.49. The topological polar surface area (TPSA) is 75.0 Å². The fourth-order valence-electron chi connectivity index (χ4n) is 3.31. The van der Waals surface area contributed by atoms with Crippen LogP contribution in [0.2, 0.25) is 0 Å². The molecule has 148 valence electrons. The summed E-state index contributed by atoms with van der Waals surface area (Å²) < 4.78 is 27.3. The molecule has 0 saturated carbocycles. The minimum Gasteiger partial charge on any atom is -0.481 e. The molecule has 0 amide bonds. The van der Waals surface area contributed by atoms with Gasteiger partial charge in [0.15, 0.2) is 5.65 Å². The molecular formula is C21H20FN5O2. The molecule has 0 aliphatic carbocycles. The van der Waals surface area contributed by atoms with E-state index in [4.69, 9.17) is 9.47 Å². The van der Waals surface area contributed by atoms with Crippen LogP contribution in [-0.2, 0) is 17.9 Å². The summed E-state index contributed by atoms with van der Waals surface area (Å²) in [5.41, 5.74) is 4.73. The Bertz CT molecular complexity index is 1180. The number of rotatable bonds is 6. The molecule has 0 saturated heterocycles. The van der Waals surface area contributed by atoms with Gasteiger partial charge in [-0.05, 0) is 36.2 Å². The number of ether oxygens (including phenoxy) is 2. The Balaban J connectivity index is 1.89. The Labute approximate surface area is 167 Å². The Morgan fingerprint density at radius 2 is 1.90 bits per heavy atom. The molecule has 0 aliphatic rings. The Morgan fingerprint density at radius 3 is 2.66 bits per heavy atom. The van der Waals surface area contributed by atoms with Crippen LogP contribution in [0.5, 0.6) is 5.88 Å². The number of aryl methyl sites for hydroxylation is 1. The number of nitrogens with zero attached hydrogens (tertiary/aromatic N) is 5. The molecule has 4 aromatic rings. The van der Waals surface area contributed by atoms with Gasteiger partial charge in [0.1, 0.15) is 11.3 Å². The Morgan fingerprint density at radius 1 is 1.03 bits per heavy atom. The van der Waals surface area contributed by atoms with E-state index in [1.54, 1.807) is 38.0 Å². The van der Waals surface area contributed by atoms with Crippen molar-refractivity contribution in [2.45, 2.75) is 20.1 Å². The summed E-state index contributed by atoms with van der Waals surface area (Å²) in [5, 5.41) is 8.30. The zero-order chi connectivity index (χ0) is 20.4. The predicted molar refractivity (Wildman–Crippen MR) is 107 cm³/mol. The lowest BCUT2D eigenvalue weighted by Gasteiger charge is -2.12. The summed E-state index contributed by atoms with van der Waals surface area (Å²) in [6, 6.07) is 6.71. The summed E-state index contributed by atoms with van der Waals surface area (Å²) in [5.74, 6) is -0.0325. The summed E-state index contributed by atoms with van der Waals surface area (Å²) in [6.07, 6.45) is 5.03. The van der Waals surface area contributed by atoms with Crippen molar-refractivity contribution in [3.63, 3.8) is 0 Å². The van der Waals surface area contributed by atoms with Crippen LogP contribution in [-0.4, -0.2) is 39.0 Å². The first-order valence-corrected chi connectivity index (χ1v) is 9.15. The molecule has 0 aliphatic heterocycles. The lowest BCUT2D eigenvalue weighted by atomic mass is 9.99. The van der Waals surface area contributed by atoms with E-state index in [9.17, 15) is 4.39 Å². The Hall–Kier alpha value is -3.39. The van der Waals surface area contributed by atoms with Crippen molar-refractivity contribution in [3.05, 3.63) is 54.4 Å². The van der Waals surface area contributed by atoms with Gasteiger partial charge in [-0.3, -0.25) is 0 Å². The van der Waals surface area contributed by atoms with Crippen LogP contribution < -0.4 is 4.74 Å². The zero-order valence-corrected chi connectivity index (χ0v) is 16.4. The largest absolute Gasteiger partial charge is 0.481 e. The highest BCUT2D eigenvalue weighted by Gasteiger charge is 2.17.